The number of nitrogens with one attached hydrogen (secondary N) is 2. The summed E-state index contributed by atoms with van der Waals surface area (Å²) in [6.45, 7) is 5.35. The van der Waals surface area contributed by atoms with Crippen LogP contribution < -0.4 is 5.32 Å². The first-order valence-corrected chi connectivity index (χ1v) is 6.49. The number of aromatic nitrogens is 2. The predicted molar refractivity (Wildman–Crippen MR) is 66.2 cm³/mol. The molecular weight excluding hydrogens is 198 g/mol. The van der Waals surface area contributed by atoms with Crippen LogP contribution in [0.15, 0.2) is 6.20 Å². The van der Waals surface area contributed by atoms with Gasteiger partial charge in [0.1, 0.15) is 0 Å². The largest absolute Gasteiger partial charge is 0.310 e. The summed E-state index contributed by atoms with van der Waals surface area (Å²) in [5, 5.41) is 10.7. The molecule has 0 amide bonds. The van der Waals surface area contributed by atoms with Gasteiger partial charge in [-0.2, -0.15) is 5.10 Å². The predicted octanol–water partition coefficient (Wildman–Crippen LogP) is 2.78. The van der Waals surface area contributed by atoms with Gasteiger partial charge < -0.3 is 5.32 Å². The van der Waals surface area contributed by atoms with E-state index in [-0.39, 0.29) is 0 Å². The Hall–Kier alpha value is -0.830. The van der Waals surface area contributed by atoms with Gasteiger partial charge in [-0.25, -0.2) is 0 Å². The highest BCUT2D eigenvalue weighted by Crippen LogP contribution is 2.26. The fourth-order valence-corrected chi connectivity index (χ4v) is 2.63. The van der Waals surface area contributed by atoms with E-state index in [1.54, 1.807) is 0 Å². The Morgan fingerprint density at radius 3 is 2.81 bits per heavy atom. The highest BCUT2D eigenvalue weighted by atomic mass is 15.1. The van der Waals surface area contributed by atoms with Crippen molar-refractivity contribution in [1.82, 2.24) is 15.5 Å². The third-order valence-corrected chi connectivity index (χ3v) is 3.91. The van der Waals surface area contributed by atoms with Gasteiger partial charge in [0.15, 0.2) is 0 Å². The molecule has 0 saturated heterocycles. The number of aryl methyl sites for hydroxylation is 1. The van der Waals surface area contributed by atoms with Gasteiger partial charge in [0, 0.05) is 23.8 Å². The molecule has 1 atom stereocenters. The van der Waals surface area contributed by atoms with E-state index >= 15 is 0 Å². The minimum Gasteiger partial charge on any atom is -0.310 e. The molecule has 1 aliphatic rings. The first kappa shape index (κ1) is 11.6. The molecule has 0 radical (unpaired) electrons. The van der Waals surface area contributed by atoms with Crippen LogP contribution >= 0.6 is 0 Å². The summed E-state index contributed by atoms with van der Waals surface area (Å²) in [6, 6.07) is 0.634. The first-order chi connectivity index (χ1) is 7.77. The molecule has 1 fully saturated rings. The molecule has 2 rings (SSSR count). The van der Waals surface area contributed by atoms with E-state index in [9.17, 15) is 0 Å². The van der Waals surface area contributed by atoms with Crippen molar-refractivity contribution in [3.8, 4) is 0 Å². The fraction of sp³-hybridized carbons (Fsp3) is 0.769. The zero-order chi connectivity index (χ0) is 11.4. The van der Waals surface area contributed by atoms with Crippen LogP contribution in [0, 0.1) is 12.8 Å². The molecule has 1 saturated carbocycles. The molecule has 2 N–H and O–H groups in total. The van der Waals surface area contributed by atoms with Crippen LogP contribution in [0.3, 0.4) is 0 Å². The highest BCUT2D eigenvalue weighted by molar-refractivity contribution is 5.13. The van der Waals surface area contributed by atoms with Gasteiger partial charge in [-0.05, 0) is 32.6 Å². The number of hydrogen-bond donors (Lipinski definition) is 2. The van der Waals surface area contributed by atoms with Crippen LogP contribution in [0.4, 0.5) is 0 Å². The number of H-pyrrole nitrogens is 1. The maximum Gasteiger partial charge on any atom is 0.0535 e. The number of nitrogens with zero attached hydrogens (tertiary/aromatic N) is 1. The Balaban J connectivity index is 1.78. The van der Waals surface area contributed by atoms with E-state index in [1.165, 1.54) is 43.4 Å². The van der Waals surface area contributed by atoms with Crippen LogP contribution in [0.25, 0.3) is 0 Å². The summed E-state index contributed by atoms with van der Waals surface area (Å²) in [6.07, 6.45) is 9.00. The minimum absolute atomic E-state index is 0.634. The maximum atomic E-state index is 4.05. The Bertz CT molecular complexity index is 313. The van der Waals surface area contributed by atoms with Gasteiger partial charge >= 0.3 is 0 Å². The maximum absolute atomic E-state index is 4.05. The third-order valence-electron chi connectivity index (χ3n) is 3.91. The van der Waals surface area contributed by atoms with Crippen molar-refractivity contribution in [2.24, 2.45) is 5.92 Å². The topological polar surface area (TPSA) is 40.7 Å². The Morgan fingerprint density at radius 1 is 1.44 bits per heavy atom. The molecule has 3 nitrogen and oxygen atoms in total. The summed E-state index contributed by atoms with van der Waals surface area (Å²) in [4.78, 5) is 0. The lowest BCUT2D eigenvalue weighted by molar-refractivity contribution is 0.280. The molecule has 16 heavy (non-hydrogen) atoms. The second-order valence-corrected chi connectivity index (χ2v) is 5.09. The SMILES string of the molecule is Cc1[nH]ncc1CNC(C)C1CCCCC1. The highest BCUT2D eigenvalue weighted by Gasteiger charge is 2.19. The summed E-state index contributed by atoms with van der Waals surface area (Å²) >= 11 is 0. The molecule has 0 spiro atoms. The van der Waals surface area contributed by atoms with Crippen LogP contribution in [-0.4, -0.2) is 16.2 Å². The molecule has 1 heterocycles. The van der Waals surface area contributed by atoms with E-state index in [0.29, 0.717) is 6.04 Å². The van der Waals surface area contributed by atoms with Gasteiger partial charge in [0.05, 0.1) is 6.20 Å². The van der Waals surface area contributed by atoms with Gasteiger partial charge in [-0.1, -0.05) is 19.3 Å². The van der Waals surface area contributed by atoms with Crippen LogP contribution in [0.1, 0.15) is 50.3 Å². The van der Waals surface area contributed by atoms with Crippen LogP contribution in [0.5, 0.6) is 0 Å². The Morgan fingerprint density at radius 2 is 2.19 bits per heavy atom. The van der Waals surface area contributed by atoms with Crippen molar-refractivity contribution in [3.05, 3.63) is 17.5 Å². The summed E-state index contributed by atoms with van der Waals surface area (Å²) in [5.41, 5.74) is 2.48. The number of hydrogen-bond acceptors (Lipinski definition) is 2. The molecule has 0 aliphatic heterocycles. The minimum atomic E-state index is 0.634. The van der Waals surface area contributed by atoms with Crippen molar-refractivity contribution in [3.63, 3.8) is 0 Å². The van der Waals surface area contributed by atoms with E-state index in [0.717, 1.165) is 12.5 Å². The summed E-state index contributed by atoms with van der Waals surface area (Å²) in [7, 11) is 0. The van der Waals surface area contributed by atoms with Crippen molar-refractivity contribution >= 4 is 0 Å². The monoisotopic (exact) mass is 221 g/mol. The van der Waals surface area contributed by atoms with Gasteiger partial charge in [0.2, 0.25) is 0 Å². The Labute approximate surface area is 98.0 Å². The fourth-order valence-electron chi connectivity index (χ4n) is 2.63. The molecule has 90 valence electrons. The lowest BCUT2D eigenvalue weighted by Gasteiger charge is -2.28. The second kappa shape index (κ2) is 5.48. The normalized spacial score (nSPS) is 19.9. The first-order valence-electron chi connectivity index (χ1n) is 6.49. The average molecular weight is 221 g/mol. The van der Waals surface area contributed by atoms with Gasteiger partial charge in [0.25, 0.3) is 0 Å². The van der Waals surface area contributed by atoms with Crippen molar-refractivity contribution in [2.45, 2.75) is 58.5 Å². The molecular formula is C13H23N3. The van der Waals surface area contributed by atoms with Gasteiger partial charge in [-0.15, -0.1) is 0 Å². The van der Waals surface area contributed by atoms with E-state index < -0.39 is 0 Å². The zero-order valence-corrected chi connectivity index (χ0v) is 10.4. The van der Waals surface area contributed by atoms with Crippen molar-refractivity contribution in [2.75, 3.05) is 0 Å². The van der Waals surface area contributed by atoms with Crippen molar-refractivity contribution < 1.29 is 0 Å². The van der Waals surface area contributed by atoms with E-state index in [4.69, 9.17) is 0 Å². The lowest BCUT2D eigenvalue weighted by atomic mass is 9.84. The molecule has 1 aliphatic carbocycles. The molecule has 1 unspecified atom stereocenters. The molecule has 0 bridgehead atoms. The Kier molecular flexibility index (Phi) is 3.99. The van der Waals surface area contributed by atoms with Gasteiger partial charge in [-0.3, -0.25) is 5.10 Å². The van der Waals surface area contributed by atoms with Crippen molar-refractivity contribution in [1.29, 1.82) is 0 Å². The van der Waals surface area contributed by atoms with E-state index in [1.807, 2.05) is 6.20 Å². The standard InChI is InChI=1S/C13H23N3/c1-10(12-6-4-3-5-7-12)14-8-13-9-15-16-11(13)2/h9-10,12,14H,3-8H2,1-2H3,(H,15,16). The van der Waals surface area contributed by atoms with Crippen LogP contribution in [-0.2, 0) is 6.54 Å². The zero-order valence-electron chi connectivity index (χ0n) is 10.4. The molecule has 1 aromatic rings. The third kappa shape index (κ3) is 2.85. The quantitative estimate of drug-likeness (QED) is 0.820. The van der Waals surface area contributed by atoms with E-state index in [2.05, 4.69) is 29.4 Å². The second-order valence-electron chi connectivity index (χ2n) is 5.09. The molecule has 1 aromatic heterocycles. The average Bonchev–Trinajstić information content (AvgIpc) is 2.73. The number of rotatable bonds is 4. The molecule has 0 aromatic carbocycles. The molecule has 3 heteroatoms. The van der Waals surface area contributed by atoms with Crippen LogP contribution in [0.2, 0.25) is 0 Å². The smallest absolute Gasteiger partial charge is 0.0535 e. The summed E-state index contributed by atoms with van der Waals surface area (Å²) in [5.74, 6) is 0.876. The number of aromatic amines is 1. The lowest BCUT2D eigenvalue weighted by Crippen LogP contribution is -2.34. The summed E-state index contributed by atoms with van der Waals surface area (Å²) < 4.78 is 0.